The first-order valence-corrected chi connectivity index (χ1v) is 6.37. The van der Waals surface area contributed by atoms with E-state index in [1.807, 2.05) is 32.0 Å². The molecule has 2 rings (SSSR count). The maximum Gasteiger partial charge on any atom is 0.131 e. The van der Waals surface area contributed by atoms with Gasteiger partial charge in [-0.1, -0.05) is 25.1 Å². The number of nitrogens with one attached hydrogen (secondary N) is 1. The number of hydrogen-bond acceptors (Lipinski definition) is 1. The highest BCUT2D eigenvalue weighted by atomic mass is 19.1. The molecule has 0 aliphatic heterocycles. The van der Waals surface area contributed by atoms with Gasteiger partial charge in [-0.05, 0) is 48.4 Å². The second-order valence-corrected chi connectivity index (χ2v) is 4.55. The predicted octanol–water partition coefficient (Wildman–Crippen LogP) is 4.05. The monoisotopic (exact) mass is 261 g/mol. The Morgan fingerprint density at radius 3 is 2.47 bits per heavy atom. The molecule has 0 atom stereocenters. The van der Waals surface area contributed by atoms with Crippen molar-refractivity contribution in [1.82, 2.24) is 5.32 Å². The van der Waals surface area contributed by atoms with E-state index in [1.54, 1.807) is 0 Å². The van der Waals surface area contributed by atoms with Crippen LogP contribution in [0.5, 0.6) is 0 Å². The van der Waals surface area contributed by atoms with E-state index < -0.39 is 11.6 Å². The van der Waals surface area contributed by atoms with Crippen molar-refractivity contribution >= 4 is 0 Å². The van der Waals surface area contributed by atoms with Crippen LogP contribution in [0.3, 0.4) is 0 Å². The zero-order valence-electron chi connectivity index (χ0n) is 11.1. The van der Waals surface area contributed by atoms with Crippen LogP contribution < -0.4 is 5.32 Å². The summed E-state index contributed by atoms with van der Waals surface area (Å²) in [4.78, 5) is 0. The summed E-state index contributed by atoms with van der Waals surface area (Å²) in [6, 6.07) is 9.32. The third-order valence-electron chi connectivity index (χ3n) is 3.09. The molecule has 3 heteroatoms. The van der Waals surface area contributed by atoms with Crippen molar-refractivity contribution in [1.29, 1.82) is 0 Å². The number of benzene rings is 2. The molecule has 0 aliphatic carbocycles. The normalized spacial score (nSPS) is 10.7. The lowest BCUT2D eigenvalue weighted by Gasteiger charge is -2.10. The summed E-state index contributed by atoms with van der Waals surface area (Å²) in [5.74, 6) is -0.823. The van der Waals surface area contributed by atoms with E-state index >= 15 is 0 Å². The average molecular weight is 261 g/mol. The quantitative estimate of drug-likeness (QED) is 0.875. The molecule has 2 aromatic rings. The van der Waals surface area contributed by atoms with Gasteiger partial charge in [0, 0.05) is 12.1 Å². The fourth-order valence-corrected chi connectivity index (χ4v) is 2.11. The van der Waals surface area contributed by atoms with Gasteiger partial charge in [0.25, 0.3) is 0 Å². The van der Waals surface area contributed by atoms with Crippen LogP contribution in [0.25, 0.3) is 11.1 Å². The molecule has 0 aromatic heterocycles. The van der Waals surface area contributed by atoms with Gasteiger partial charge in [0.2, 0.25) is 0 Å². The molecule has 0 aliphatic rings. The van der Waals surface area contributed by atoms with Crippen LogP contribution in [0.2, 0.25) is 0 Å². The minimum Gasteiger partial charge on any atom is -0.313 e. The molecule has 0 radical (unpaired) electrons. The topological polar surface area (TPSA) is 12.0 Å². The summed E-state index contributed by atoms with van der Waals surface area (Å²) in [6.07, 6.45) is 0. The number of halogens is 2. The Morgan fingerprint density at radius 1 is 1.00 bits per heavy atom. The van der Waals surface area contributed by atoms with E-state index in [4.69, 9.17) is 0 Å². The Hall–Kier alpha value is -1.74. The molecule has 0 amide bonds. The summed E-state index contributed by atoms with van der Waals surface area (Å²) in [7, 11) is 0. The third kappa shape index (κ3) is 3.18. The highest BCUT2D eigenvalue weighted by Crippen LogP contribution is 2.27. The van der Waals surface area contributed by atoms with Crippen LogP contribution in [0.15, 0.2) is 36.4 Å². The van der Waals surface area contributed by atoms with Crippen molar-refractivity contribution in [2.75, 3.05) is 6.54 Å². The molecule has 0 spiro atoms. The SMILES string of the molecule is CCNCc1ccc(-c2cc(F)ccc2F)c(C)c1. The second kappa shape index (κ2) is 5.93. The van der Waals surface area contributed by atoms with Gasteiger partial charge in [-0.15, -0.1) is 0 Å². The predicted molar refractivity (Wildman–Crippen MR) is 73.9 cm³/mol. The number of aryl methyl sites for hydroxylation is 1. The Bertz CT molecular complexity index is 579. The lowest BCUT2D eigenvalue weighted by atomic mass is 9.98. The van der Waals surface area contributed by atoms with Crippen molar-refractivity contribution < 1.29 is 8.78 Å². The minimum absolute atomic E-state index is 0.313. The largest absolute Gasteiger partial charge is 0.313 e. The van der Waals surface area contributed by atoms with Crippen molar-refractivity contribution in [3.63, 3.8) is 0 Å². The lowest BCUT2D eigenvalue weighted by molar-refractivity contribution is 0.603. The number of rotatable bonds is 4. The number of hydrogen-bond donors (Lipinski definition) is 1. The van der Waals surface area contributed by atoms with Gasteiger partial charge >= 0.3 is 0 Å². The smallest absolute Gasteiger partial charge is 0.131 e. The van der Waals surface area contributed by atoms with Gasteiger partial charge in [-0.2, -0.15) is 0 Å². The zero-order valence-corrected chi connectivity index (χ0v) is 11.1. The Balaban J connectivity index is 2.37. The summed E-state index contributed by atoms with van der Waals surface area (Å²) >= 11 is 0. The van der Waals surface area contributed by atoms with Crippen molar-refractivity contribution in [2.45, 2.75) is 20.4 Å². The van der Waals surface area contributed by atoms with Crippen molar-refractivity contribution in [3.8, 4) is 11.1 Å². The average Bonchev–Trinajstić information content (AvgIpc) is 2.40. The van der Waals surface area contributed by atoms with Gasteiger partial charge in [-0.25, -0.2) is 8.78 Å². The highest BCUT2D eigenvalue weighted by molar-refractivity contribution is 5.68. The van der Waals surface area contributed by atoms with Crippen LogP contribution in [0.1, 0.15) is 18.1 Å². The highest BCUT2D eigenvalue weighted by Gasteiger charge is 2.09. The second-order valence-electron chi connectivity index (χ2n) is 4.55. The molecular formula is C16H17F2N. The van der Waals surface area contributed by atoms with E-state index in [0.29, 0.717) is 5.56 Å². The fourth-order valence-electron chi connectivity index (χ4n) is 2.11. The molecule has 0 saturated heterocycles. The standard InChI is InChI=1S/C16H17F2N/c1-3-19-10-12-4-6-14(11(2)8-12)15-9-13(17)5-7-16(15)18/h4-9,19H,3,10H2,1-2H3. The molecule has 19 heavy (non-hydrogen) atoms. The lowest BCUT2D eigenvalue weighted by Crippen LogP contribution is -2.11. The van der Waals surface area contributed by atoms with Crippen molar-refractivity contribution in [3.05, 3.63) is 59.2 Å². The van der Waals surface area contributed by atoms with Crippen molar-refractivity contribution in [2.24, 2.45) is 0 Å². The Labute approximate surface area is 112 Å². The van der Waals surface area contributed by atoms with Crippen LogP contribution in [0.4, 0.5) is 8.78 Å². The first-order chi connectivity index (χ1) is 9.11. The summed E-state index contributed by atoms with van der Waals surface area (Å²) in [5.41, 5.74) is 3.13. The van der Waals surface area contributed by atoms with Crippen LogP contribution in [-0.2, 0) is 6.54 Å². The fraction of sp³-hybridized carbons (Fsp3) is 0.250. The third-order valence-corrected chi connectivity index (χ3v) is 3.09. The Morgan fingerprint density at radius 2 is 1.79 bits per heavy atom. The first-order valence-electron chi connectivity index (χ1n) is 6.37. The van der Waals surface area contributed by atoms with E-state index in [1.165, 1.54) is 6.07 Å². The zero-order chi connectivity index (χ0) is 13.8. The van der Waals surface area contributed by atoms with Gasteiger partial charge in [0.15, 0.2) is 0 Å². The summed E-state index contributed by atoms with van der Waals surface area (Å²) < 4.78 is 27.0. The molecule has 0 unspecified atom stereocenters. The molecule has 0 saturated carbocycles. The maximum absolute atomic E-state index is 13.8. The van der Waals surface area contributed by atoms with Gasteiger partial charge in [-0.3, -0.25) is 0 Å². The van der Waals surface area contributed by atoms with E-state index in [-0.39, 0.29) is 0 Å². The molecule has 1 nitrogen and oxygen atoms in total. The van der Waals surface area contributed by atoms with Crippen LogP contribution >= 0.6 is 0 Å². The maximum atomic E-state index is 13.8. The van der Waals surface area contributed by atoms with Crippen LogP contribution in [0, 0.1) is 18.6 Å². The molecule has 100 valence electrons. The van der Waals surface area contributed by atoms with E-state index in [2.05, 4.69) is 5.32 Å². The van der Waals surface area contributed by atoms with E-state index in [0.717, 1.165) is 41.9 Å². The summed E-state index contributed by atoms with van der Waals surface area (Å²) in [6.45, 7) is 5.64. The van der Waals surface area contributed by atoms with Gasteiger partial charge in [0.05, 0.1) is 0 Å². The van der Waals surface area contributed by atoms with Gasteiger partial charge in [0.1, 0.15) is 11.6 Å². The molecule has 1 N–H and O–H groups in total. The molecule has 0 fully saturated rings. The van der Waals surface area contributed by atoms with Crippen LogP contribution in [-0.4, -0.2) is 6.54 Å². The molecule has 0 heterocycles. The minimum atomic E-state index is -0.424. The molecule has 0 bridgehead atoms. The Kier molecular flexibility index (Phi) is 4.27. The summed E-state index contributed by atoms with van der Waals surface area (Å²) in [5, 5.41) is 3.24. The van der Waals surface area contributed by atoms with Gasteiger partial charge < -0.3 is 5.32 Å². The molecular weight excluding hydrogens is 244 g/mol. The first kappa shape index (κ1) is 13.7. The molecule has 2 aromatic carbocycles. The van der Waals surface area contributed by atoms with E-state index in [9.17, 15) is 8.78 Å².